The molecule has 1 saturated carbocycles. The van der Waals surface area contributed by atoms with E-state index in [1.165, 1.54) is 12.8 Å². The van der Waals surface area contributed by atoms with E-state index in [1.54, 1.807) is 6.20 Å². The van der Waals surface area contributed by atoms with Crippen molar-refractivity contribution in [2.75, 3.05) is 0 Å². The summed E-state index contributed by atoms with van der Waals surface area (Å²) in [6.45, 7) is 8.19. The van der Waals surface area contributed by atoms with E-state index >= 15 is 0 Å². The van der Waals surface area contributed by atoms with E-state index in [4.69, 9.17) is 11.6 Å². The predicted molar refractivity (Wildman–Crippen MR) is 119 cm³/mol. The van der Waals surface area contributed by atoms with E-state index in [1.807, 2.05) is 48.9 Å². The second-order valence-corrected chi connectivity index (χ2v) is 9.90. The van der Waals surface area contributed by atoms with Crippen LogP contribution >= 0.6 is 11.6 Å². The van der Waals surface area contributed by atoms with Gasteiger partial charge in [0, 0.05) is 29.2 Å². The van der Waals surface area contributed by atoms with Crippen LogP contribution < -0.4 is 5.32 Å². The predicted octanol–water partition coefficient (Wildman–Crippen LogP) is 5.44. The molecule has 0 aliphatic heterocycles. The van der Waals surface area contributed by atoms with Gasteiger partial charge in [-0.15, -0.1) is 11.6 Å². The van der Waals surface area contributed by atoms with Crippen LogP contribution in [-0.2, 0) is 0 Å². The van der Waals surface area contributed by atoms with E-state index in [9.17, 15) is 4.79 Å². The van der Waals surface area contributed by atoms with Gasteiger partial charge in [0.1, 0.15) is 5.82 Å². The summed E-state index contributed by atoms with van der Waals surface area (Å²) in [4.78, 5) is 17.1. The summed E-state index contributed by atoms with van der Waals surface area (Å²) >= 11 is 6.44. The van der Waals surface area contributed by atoms with Crippen molar-refractivity contribution in [1.82, 2.24) is 14.9 Å². The molecular weight excluding hydrogens is 382 g/mol. The van der Waals surface area contributed by atoms with Crippen LogP contribution in [0.4, 0.5) is 0 Å². The largest absolute Gasteiger partial charge is 0.347 e. The number of nitrogens with zero attached hydrogens (tertiary/aromatic N) is 2. The first-order chi connectivity index (χ1) is 13.6. The average molecular weight is 410 g/mol. The number of hydrogen-bond acceptors (Lipinski definition) is 2. The lowest BCUT2D eigenvalue weighted by Crippen LogP contribution is -2.45. The molecule has 0 saturated heterocycles. The molecule has 152 valence electrons. The highest BCUT2D eigenvalue weighted by atomic mass is 35.5. The second-order valence-electron chi connectivity index (χ2n) is 9.04. The lowest BCUT2D eigenvalue weighted by molar-refractivity contribution is 0.0903. The maximum atomic E-state index is 13.1. The van der Waals surface area contributed by atoms with Crippen molar-refractivity contribution in [3.8, 4) is 5.69 Å². The summed E-state index contributed by atoms with van der Waals surface area (Å²) in [5.74, 6) is 1.41. The van der Waals surface area contributed by atoms with Gasteiger partial charge in [-0.05, 0) is 82.2 Å². The third-order valence-electron chi connectivity index (χ3n) is 5.98. The zero-order valence-corrected chi connectivity index (χ0v) is 18.3. The summed E-state index contributed by atoms with van der Waals surface area (Å²) in [6.07, 6.45) is 13.0. The Morgan fingerprint density at radius 2 is 2.07 bits per heavy atom. The normalized spacial score (nSPS) is 21.8. The number of halogens is 1. The van der Waals surface area contributed by atoms with E-state index in [0.717, 1.165) is 29.1 Å². The van der Waals surface area contributed by atoms with Gasteiger partial charge in [0.25, 0.3) is 5.91 Å². The van der Waals surface area contributed by atoms with Crippen LogP contribution in [0.15, 0.2) is 48.8 Å². The summed E-state index contributed by atoms with van der Waals surface area (Å²) in [7, 11) is 0. The molecule has 1 aromatic heterocycles. The molecule has 0 bridgehead atoms. The molecule has 1 fully saturated rings. The molecule has 4 nitrogen and oxygen atoms in total. The number of amides is 1. The lowest BCUT2D eigenvalue weighted by atomic mass is 9.92. The summed E-state index contributed by atoms with van der Waals surface area (Å²) in [5, 5.41) is 3.24. The number of carbonyl (C=O) groups is 1. The fraction of sp³-hybridized carbons (Fsp3) is 0.417. The molecular formula is C24H28ClN3O. The minimum absolute atomic E-state index is 0.0367. The molecule has 2 aromatic rings. The minimum Gasteiger partial charge on any atom is -0.347 e. The summed E-state index contributed by atoms with van der Waals surface area (Å²) < 4.78 is 2.01. The molecule has 0 radical (unpaired) electrons. The number of hydrogen-bond donors (Lipinski definition) is 1. The number of allylic oxidation sites excluding steroid dienone is 4. The van der Waals surface area contributed by atoms with Crippen LogP contribution in [0.2, 0.25) is 0 Å². The third kappa shape index (κ3) is 4.32. The fourth-order valence-corrected chi connectivity index (χ4v) is 4.03. The molecule has 0 spiro atoms. The number of alkyl halides is 1. The molecule has 1 unspecified atom stereocenters. The van der Waals surface area contributed by atoms with Crippen LogP contribution in [0.25, 0.3) is 11.3 Å². The highest BCUT2D eigenvalue weighted by Crippen LogP contribution is 2.39. The maximum Gasteiger partial charge on any atom is 0.251 e. The van der Waals surface area contributed by atoms with Crippen LogP contribution in [0.1, 0.15) is 61.8 Å². The fourth-order valence-electron chi connectivity index (χ4n) is 3.89. The van der Waals surface area contributed by atoms with Crippen LogP contribution in [0.3, 0.4) is 0 Å². The van der Waals surface area contributed by atoms with E-state index in [0.29, 0.717) is 11.5 Å². The van der Waals surface area contributed by atoms with Gasteiger partial charge in [0.05, 0.1) is 4.87 Å². The number of imidazole rings is 1. The Bertz CT molecular complexity index is 1010. The average Bonchev–Trinajstić information content (AvgIpc) is 3.43. The molecule has 1 N–H and O–H groups in total. The molecule has 1 atom stereocenters. The first-order valence-electron chi connectivity index (χ1n) is 10.2. The molecule has 2 aliphatic rings. The molecule has 29 heavy (non-hydrogen) atoms. The molecule has 1 amide bonds. The first kappa shape index (κ1) is 20.0. The third-order valence-corrected chi connectivity index (χ3v) is 6.26. The second kappa shape index (κ2) is 7.17. The van der Waals surface area contributed by atoms with Crippen LogP contribution in [0.5, 0.6) is 0 Å². The Hall–Kier alpha value is -2.33. The zero-order valence-electron chi connectivity index (χ0n) is 17.5. The van der Waals surface area contributed by atoms with E-state index < -0.39 is 0 Å². The lowest BCUT2D eigenvalue weighted by Gasteiger charge is -2.26. The number of benzene rings is 1. The standard InChI is InChI=1S/C24H28ClN3O/c1-16-26-11-12-28(16)21-14-18(17-7-9-24(4,25)10-8-17)13-19(15-21)22(29)27-23(2,3)20-5-6-20/h7-9,11-15,20H,5-6,10H2,1-4H3,(H,27,29). The Morgan fingerprint density at radius 3 is 2.66 bits per heavy atom. The van der Waals surface area contributed by atoms with Crippen LogP contribution in [-0.4, -0.2) is 25.9 Å². The van der Waals surface area contributed by atoms with Crippen molar-refractivity contribution in [1.29, 1.82) is 0 Å². The van der Waals surface area contributed by atoms with Gasteiger partial charge >= 0.3 is 0 Å². The summed E-state index contributed by atoms with van der Waals surface area (Å²) in [6, 6.07) is 6.01. The number of carbonyl (C=O) groups excluding carboxylic acids is 1. The van der Waals surface area contributed by atoms with Crippen molar-refractivity contribution in [2.45, 2.75) is 57.4 Å². The minimum atomic E-state index is -0.351. The van der Waals surface area contributed by atoms with Gasteiger partial charge < -0.3 is 9.88 Å². The summed E-state index contributed by atoms with van der Waals surface area (Å²) in [5.41, 5.74) is 3.49. The van der Waals surface area contributed by atoms with Crippen molar-refractivity contribution in [3.63, 3.8) is 0 Å². The number of nitrogens with one attached hydrogen (secondary N) is 1. The number of aryl methyl sites for hydroxylation is 1. The van der Waals surface area contributed by atoms with Gasteiger partial charge in [0.15, 0.2) is 0 Å². The van der Waals surface area contributed by atoms with E-state index in [2.05, 4.69) is 36.3 Å². The van der Waals surface area contributed by atoms with Gasteiger partial charge in [-0.3, -0.25) is 4.79 Å². The quantitative estimate of drug-likeness (QED) is 0.668. The maximum absolute atomic E-state index is 13.1. The van der Waals surface area contributed by atoms with E-state index in [-0.39, 0.29) is 16.3 Å². The SMILES string of the molecule is Cc1nccn1-c1cc(C(=O)NC(C)(C)C2CC2)cc(C2=CCC(C)(Cl)C=C2)c1. The first-order valence-corrected chi connectivity index (χ1v) is 10.6. The van der Waals surface area contributed by atoms with Gasteiger partial charge in [-0.25, -0.2) is 4.98 Å². The van der Waals surface area contributed by atoms with Crippen molar-refractivity contribution in [3.05, 3.63) is 65.8 Å². The Morgan fingerprint density at radius 1 is 1.31 bits per heavy atom. The van der Waals surface area contributed by atoms with Gasteiger partial charge in [0.2, 0.25) is 0 Å². The Kier molecular flexibility index (Phi) is 4.94. The van der Waals surface area contributed by atoms with Crippen molar-refractivity contribution < 1.29 is 4.79 Å². The Labute approximate surface area is 177 Å². The number of rotatable bonds is 5. The Balaban J connectivity index is 1.73. The van der Waals surface area contributed by atoms with Gasteiger partial charge in [-0.1, -0.05) is 18.2 Å². The zero-order chi connectivity index (χ0) is 20.8. The molecule has 4 rings (SSSR count). The molecule has 1 heterocycles. The van der Waals surface area contributed by atoms with Crippen molar-refractivity contribution in [2.24, 2.45) is 5.92 Å². The van der Waals surface area contributed by atoms with Gasteiger partial charge in [-0.2, -0.15) is 0 Å². The molecule has 1 aromatic carbocycles. The highest BCUT2D eigenvalue weighted by Gasteiger charge is 2.39. The van der Waals surface area contributed by atoms with Crippen molar-refractivity contribution >= 4 is 23.1 Å². The van der Waals surface area contributed by atoms with Crippen LogP contribution in [0, 0.1) is 12.8 Å². The molecule has 5 heteroatoms. The smallest absolute Gasteiger partial charge is 0.251 e. The molecule has 2 aliphatic carbocycles. The topological polar surface area (TPSA) is 46.9 Å². The highest BCUT2D eigenvalue weighted by molar-refractivity contribution is 6.25. The number of aromatic nitrogens is 2. The monoisotopic (exact) mass is 409 g/mol.